The maximum atomic E-state index is 12.5. The van der Waals surface area contributed by atoms with Crippen molar-refractivity contribution >= 4 is 0 Å². The van der Waals surface area contributed by atoms with Crippen molar-refractivity contribution in [3.8, 4) is 17.2 Å². The second kappa shape index (κ2) is 7.07. The molecule has 0 spiro atoms. The number of benzene rings is 2. The zero-order valence-corrected chi connectivity index (χ0v) is 13.9. The Hall–Kier alpha value is -3.03. The van der Waals surface area contributed by atoms with E-state index in [4.69, 9.17) is 14.0 Å². The maximum Gasteiger partial charge on any atom is 0.416 e. The molecule has 136 valence electrons. The van der Waals surface area contributed by atoms with E-state index in [0.717, 1.165) is 12.1 Å². The van der Waals surface area contributed by atoms with E-state index in [1.165, 1.54) is 12.1 Å². The summed E-state index contributed by atoms with van der Waals surface area (Å²) in [6, 6.07) is 11.2. The standard InChI is InChI=1S/C18H15F3N2O3/c1-11(17-22-12(2)26-23-17)24-14-7-9-16(10-8-14)25-15-5-3-13(4-6-15)18(19,20)21/h3-11H,1-2H3. The van der Waals surface area contributed by atoms with Crippen LogP contribution in [-0.4, -0.2) is 10.1 Å². The van der Waals surface area contributed by atoms with Crippen LogP contribution in [0.1, 0.15) is 30.3 Å². The summed E-state index contributed by atoms with van der Waals surface area (Å²) in [6.07, 6.45) is -4.76. The van der Waals surface area contributed by atoms with Crippen molar-refractivity contribution in [3.05, 3.63) is 65.8 Å². The monoisotopic (exact) mass is 364 g/mol. The van der Waals surface area contributed by atoms with E-state index >= 15 is 0 Å². The fourth-order valence-electron chi connectivity index (χ4n) is 2.17. The normalized spacial score (nSPS) is 12.7. The molecule has 1 atom stereocenters. The Morgan fingerprint density at radius 3 is 1.96 bits per heavy atom. The zero-order valence-electron chi connectivity index (χ0n) is 13.9. The van der Waals surface area contributed by atoms with Gasteiger partial charge in [0.2, 0.25) is 11.7 Å². The second-order valence-electron chi connectivity index (χ2n) is 5.53. The van der Waals surface area contributed by atoms with Crippen molar-refractivity contribution in [3.63, 3.8) is 0 Å². The number of hydrogen-bond acceptors (Lipinski definition) is 5. The number of rotatable bonds is 5. The van der Waals surface area contributed by atoms with Crippen LogP contribution in [-0.2, 0) is 6.18 Å². The van der Waals surface area contributed by atoms with Crippen LogP contribution < -0.4 is 9.47 Å². The first kappa shape index (κ1) is 17.8. The van der Waals surface area contributed by atoms with Crippen LogP contribution in [0.15, 0.2) is 53.1 Å². The lowest BCUT2D eigenvalue weighted by atomic mass is 10.2. The van der Waals surface area contributed by atoms with Crippen molar-refractivity contribution in [1.82, 2.24) is 10.1 Å². The molecular weight excluding hydrogens is 349 g/mol. The van der Waals surface area contributed by atoms with Gasteiger partial charge in [0, 0.05) is 6.92 Å². The van der Waals surface area contributed by atoms with Gasteiger partial charge in [-0.15, -0.1) is 0 Å². The van der Waals surface area contributed by atoms with E-state index in [-0.39, 0.29) is 0 Å². The molecule has 0 saturated carbocycles. The highest BCUT2D eigenvalue weighted by Crippen LogP contribution is 2.32. The Labute approximate surface area is 147 Å². The minimum absolute atomic E-state index is 0.308. The molecule has 0 N–H and O–H groups in total. The molecule has 26 heavy (non-hydrogen) atoms. The van der Waals surface area contributed by atoms with Crippen LogP contribution >= 0.6 is 0 Å². The van der Waals surface area contributed by atoms with Gasteiger partial charge in [-0.3, -0.25) is 0 Å². The highest BCUT2D eigenvalue weighted by atomic mass is 19.4. The van der Waals surface area contributed by atoms with E-state index in [0.29, 0.717) is 29.0 Å². The summed E-state index contributed by atoms with van der Waals surface area (Å²) < 4.78 is 53.8. The van der Waals surface area contributed by atoms with Gasteiger partial charge in [0.05, 0.1) is 5.56 Å². The third-order valence-electron chi connectivity index (χ3n) is 3.46. The molecule has 8 heteroatoms. The van der Waals surface area contributed by atoms with Gasteiger partial charge in [0.1, 0.15) is 17.2 Å². The molecule has 0 amide bonds. The fourth-order valence-corrected chi connectivity index (χ4v) is 2.17. The molecule has 0 aliphatic carbocycles. The molecule has 1 unspecified atom stereocenters. The van der Waals surface area contributed by atoms with Gasteiger partial charge in [0.15, 0.2) is 6.10 Å². The first-order valence-corrected chi connectivity index (χ1v) is 7.73. The number of halogens is 3. The third kappa shape index (κ3) is 4.33. The molecule has 1 heterocycles. The number of alkyl halides is 3. The second-order valence-corrected chi connectivity index (χ2v) is 5.53. The smallest absolute Gasteiger partial charge is 0.416 e. The lowest BCUT2D eigenvalue weighted by Crippen LogP contribution is -2.05. The Kier molecular flexibility index (Phi) is 4.83. The average molecular weight is 364 g/mol. The molecular formula is C18H15F3N2O3. The fraction of sp³-hybridized carbons (Fsp3) is 0.222. The lowest BCUT2D eigenvalue weighted by molar-refractivity contribution is -0.137. The van der Waals surface area contributed by atoms with E-state index in [2.05, 4.69) is 10.1 Å². The van der Waals surface area contributed by atoms with Crippen molar-refractivity contribution in [2.45, 2.75) is 26.1 Å². The van der Waals surface area contributed by atoms with Crippen molar-refractivity contribution in [1.29, 1.82) is 0 Å². The summed E-state index contributed by atoms with van der Waals surface area (Å²) in [5, 5.41) is 3.79. The highest BCUT2D eigenvalue weighted by Gasteiger charge is 2.30. The van der Waals surface area contributed by atoms with E-state index in [9.17, 15) is 13.2 Å². The predicted molar refractivity (Wildman–Crippen MR) is 86.0 cm³/mol. The summed E-state index contributed by atoms with van der Waals surface area (Å²) in [5.41, 5.74) is -0.723. The van der Waals surface area contributed by atoms with Crippen molar-refractivity contribution in [2.75, 3.05) is 0 Å². The Bertz CT molecular complexity index is 859. The van der Waals surface area contributed by atoms with Gasteiger partial charge >= 0.3 is 6.18 Å². The first-order chi connectivity index (χ1) is 12.3. The lowest BCUT2D eigenvalue weighted by Gasteiger charge is -2.12. The molecule has 0 aliphatic heterocycles. The van der Waals surface area contributed by atoms with Crippen LogP contribution in [0.4, 0.5) is 13.2 Å². The van der Waals surface area contributed by atoms with E-state index in [1.807, 2.05) is 0 Å². The Balaban J connectivity index is 1.62. The topological polar surface area (TPSA) is 57.4 Å². The Morgan fingerprint density at radius 2 is 1.46 bits per heavy atom. The molecule has 5 nitrogen and oxygen atoms in total. The predicted octanol–water partition coefficient (Wildman–Crippen LogP) is 5.33. The minimum atomic E-state index is -4.37. The summed E-state index contributed by atoms with van der Waals surface area (Å²) in [5.74, 6) is 2.24. The average Bonchev–Trinajstić information content (AvgIpc) is 3.03. The van der Waals surface area contributed by atoms with Gasteiger partial charge in [-0.2, -0.15) is 18.2 Å². The largest absolute Gasteiger partial charge is 0.483 e. The molecule has 0 radical (unpaired) electrons. The summed E-state index contributed by atoms with van der Waals surface area (Å²) in [7, 11) is 0. The summed E-state index contributed by atoms with van der Waals surface area (Å²) >= 11 is 0. The summed E-state index contributed by atoms with van der Waals surface area (Å²) in [6.45, 7) is 3.48. The molecule has 0 bridgehead atoms. The van der Waals surface area contributed by atoms with Crippen LogP contribution in [0.5, 0.6) is 17.2 Å². The quantitative estimate of drug-likeness (QED) is 0.612. The zero-order chi connectivity index (χ0) is 18.7. The molecule has 0 fully saturated rings. The molecule has 0 aliphatic rings. The van der Waals surface area contributed by atoms with Gasteiger partial charge in [-0.1, -0.05) is 5.16 Å². The third-order valence-corrected chi connectivity index (χ3v) is 3.46. The highest BCUT2D eigenvalue weighted by molar-refractivity contribution is 5.36. The summed E-state index contributed by atoms with van der Waals surface area (Å²) in [4.78, 5) is 4.10. The Morgan fingerprint density at radius 1 is 0.923 bits per heavy atom. The van der Waals surface area contributed by atoms with Gasteiger partial charge in [0.25, 0.3) is 0 Å². The first-order valence-electron chi connectivity index (χ1n) is 7.73. The van der Waals surface area contributed by atoms with Gasteiger partial charge < -0.3 is 14.0 Å². The molecule has 1 aromatic heterocycles. The number of aromatic nitrogens is 2. The van der Waals surface area contributed by atoms with Crippen LogP contribution in [0, 0.1) is 6.92 Å². The van der Waals surface area contributed by atoms with Crippen LogP contribution in [0.25, 0.3) is 0 Å². The number of nitrogens with zero attached hydrogens (tertiary/aromatic N) is 2. The van der Waals surface area contributed by atoms with E-state index < -0.39 is 17.8 Å². The number of ether oxygens (including phenoxy) is 2. The maximum absolute atomic E-state index is 12.5. The van der Waals surface area contributed by atoms with Crippen molar-refractivity contribution < 1.29 is 27.2 Å². The van der Waals surface area contributed by atoms with Crippen LogP contribution in [0.3, 0.4) is 0 Å². The van der Waals surface area contributed by atoms with E-state index in [1.54, 1.807) is 38.1 Å². The SMILES string of the molecule is Cc1nc(C(C)Oc2ccc(Oc3ccc(C(F)(F)F)cc3)cc2)no1. The minimum Gasteiger partial charge on any atom is -0.483 e. The number of aryl methyl sites for hydroxylation is 1. The molecule has 3 rings (SSSR count). The van der Waals surface area contributed by atoms with Gasteiger partial charge in [-0.25, -0.2) is 0 Å². The van der Waals surface area contributed by atoms with Crippen molar-refractivity contribution in [2.24, 2.45) is 0 Å². The van der Waals surface area contributed by atoms with Crippen LogP contribution in [0.2, 0.25) is 0 Å². The van der Waals surface area contributed by atoms with Gasteiger partial charge in [-0.05, 0) is 55.5 Å². The molecule has 0 saturated heterocycles. The molecule has 3 aromatic rings. The molecule has 2 aromatic carbocycles. The number of hydrogen-bond donors (Lipinski definition) is 0.